The molecule has 0 fully saturated rings. The lowest BCUT2D eigenvalue weighted by Gasteiger charge is -2.21. The summed E-state index contributed by atoms with van der Waals surface area (Å²) in [6.07, 6.45) is 3.67. The summed E-state index contributed by atoms with van der Waals surface area (Å²) in [6, 6.07) is 9.65. The first-order valence-electron chi connectivity index (χ1n) is 9.84. The molecule has 29 heavy (non-hydrogen) atoms. The number of hydrogen-bond acceptors (Lipinski definition) is 3. The van der Waals surface area contributed by atoms with Crippen molar-refractivity contribution in [3.63, 3.8) is 0 Å². The third-order valence-electron chi connectivity index (χ3n) is 5.04. The Hall–Kier alpha value is -2.94. The average molecular weight is 389 g/mol. The summed E-state index contributed by atoms with van der Waals surface area (Å²) < 4.78 is 5.94. The molecule has 0 spiro atoms. The van der Waals surface area contributed by atoms with Crippen LogP contribution in [0.25, 0.3) is 6.08 Å². The summed E-state index contributed by atoms with van der Waals surface area (Å²) in [5, 5.41) is 0. The maximum absolute atomic E-state index is 12.9. The first kappa shape index (κ1) is 20.8. The van der Waals surface area contributed by atoms with Crippen molar-refractivity contribution < 1.29 is 14.3 Å². The van der Waals surface area contributed by atoms with Gasteiger partial charge in [-0.2, -0.15) is 0 Å². The van der Waals surface area contributed by atoms with Gasteiger partial charge in [0.2, 0.25) is 0 Å². The van der Waals surface area contributed by atoms with E-state index < -0.39 is 5.92 Å². The van der Waals surface area contributed by atoms with Crippen molar-refractivity contribution in [2.45, 2.75) is 47.1 Å². The molecular weight excluding hydrogens is 360 g/mol. The maximum Gasteiger partial charge on any atom is 0.179 e. The molecule has 2 aromatic carbocycles. The van der Waals surface area contributed by atoms with E-state index in [1.165, 1.54) is 0 Å². The third kappa shape index (κ3) is 4.24. The largest absolute Gasteiger partial charge is 0.488 e. The van der Waals surface area contributed by atoms with E-state index in [-0.39, 0.29) is 17.2 Å². The van der Waals surface area contributed by atoms with E-state index in [0.717, 1.165) is 28.0 Å². The minimum Gasteiger partial charge on any atom is -0.488 e. The second-order valence-electron chi connectivity index (χ2n) is 8.81. The number of benzene rings is 2. The van der Waals surface area contributed by atoms with Gasteiger partial charge in [0, 0.05) is 11.1 Å². The molecule has 3 rings (SSSR count). The summed E-state index contributed by atoms with van der Waals surface area (Å²) in [4.78, 5) is 25.8. The normalized spacial score (nSPS) is 16.4. The first-order chi connectivity index (χ1) is 13.5. The van der Waals surface area contributed by atoms with Crippen LogP contribution in [0.4, 0.5) is 0 Å². The van der Waals surface area contributed by atoms with Crippen molar-refractivity contribution in [2.75, 3.05) is 0 Å². The van der Waals surface area contributed by atoms with Crippen LogP contribution in [0.1, 0.15) is 63.7 Å². The molecule has 1 unspecified atom stereocenters. The molecule has 1 aliphatic rings. The van der Waals surface area contributed by atoms with Crippen LogP contribution in [0.2, 0.25) is 0 Å². The number of carbonyl (C=O) groups is 2. The number of aryl methyl sites for hydroxylation is 3. The van der Waals surface area contributed by atoms with Crippen molar-refractivity contribution in [2.24, 2.45) is 5.92 Å². The second-order valence-corrected chi connectivity index (χ2v) is 8.81. The van der Waals surface area contributed by atoms with Crippen LogP contribution in [0, 0.1) is 26.7 Å². The van der Waals surface area contributed by atoms with Gasteiger partial charge in [0.25, 0.3) is 0 Å². The fourth-order valence-electron chi connectivity index (χ4n) is 3.75. The van der Waals surface area contributed by atoms with Gasteiger partial charge < -0.3 is 4.74 Å². The Morgan fingerprint density at radius 2 is 1.69 bits per heavy atom. The van der Waals surface area contributed by atoms with Gasteiger partial charge in [0.1, 0.15) is 17.3 Å². The minimum absolute atomic E-state index is 0.154. The Balaban J connectivity index is 1.87. The number of allylic oxidation sites excluding steroid dienone is 2. The van der Waals surface area contributed by atoms with Crippen molar-refractivity contribution in [1.82, 2.24) is 0 Å². The highest BCUT2D eigenvalue weighted by Crippen LogP contribution is 2.34. The molecule has 0 bridgehead atoms. The Morgan fingerprint density at radius 3 is 2.34 bits per heavy atom. The number of ether oxygens (including phenoxy) is 1. The fourth-order valence-corrected chi connectivity index (χ4v) is 3.75. The van der Waals surface area contributed by atoms with Crippen LogP contribution in [0.15, 0.2) is 48.6 Å². The van der Waals surface area contributed by atoms with E-state index in [4.69, 9.17) is 4.74 Å². The van der Waals surface area contributed by atoms with Gasteiger partial charge in [0.05, 0.1) is 0 Å². The molecule has 0 aliphatic heterocycles. The molecule has 0 radical (unpaired) electrons. The highest BCUT2D eigenvalue weighted by Gasteiger charge is 2.40. The molecule has 0 aromatic heterocycles. The zero-order valence-corrected chi connectivity index (χ0v) is 18.1. The molecule has 1 aliphatic carbocycles. The highest BCUT2D eigenvalue weighted by atomic mass is 16.5. The predicted molar refractivity (Wildman–Crippen MR) is 118 cm³/mol. The van der Waals surface area contributed by atoms with Gasteiger partial charge in [-0.15, -0.1) is 0 Å². The topological polar surface area (TPSA) is 43.4 Å². The zero-order chi connectivity index (χ0) is 21.5. The third-order valence-corrected chi connectivity index (χ3v) is 5.04. The summed E-state index contributed by atoms with van der Waals surface area (Å²) >= 11 is 0. The van der Waals surface area contributed by atoms with Crippen LogP contribution in [0.5, 0.6) is 5.75 Å². The van der Waals surface area contributed by atoms with Crippen LogP contribution >= 0.6 is 0 Å². The van der Waals surface area contributed by atoms with Gasteiger partial charge >= 0.3 is 0 Å². The molecule has 2 aromatic rings. The fraction of sp³-hybridized carbons (Fsp3) is 0.308. The number of Topliss-reactive ketones (excluding diaryl/α,β-unsaturated/α-hetero) is 2. The molecule has 0 amide bonds. The number of carbonyl (C=O) groups excluding carboxylic acids is 2. The number of rotatable bonds is 4. The molecule has 0 saturated carbocycles. The molecule has 0 heterocycles. The lowest BCUT2D eigenvalue weighted by molar-refractivity contribution is 0.0866. The quantitative estimate of drug-likeness (QED) is 0.473. The van der Waals surface area contributed by atoms with Crippen molar-refractivity contribution in [3.05, 3.63) is 81.9 Å². The van der Waals surface area contributed by atoms with Crippen LogP contribution in [-0.2, 0) is 0 Å². The summed E-state index contributed by atoms with van der Waals surface area (Å²) in [7, 11) is 0. The zero-order valence-electron chi connectivity index (χ0n) is 18.1. The standard InChI is InChI=1S/C26H28O3/c1-15-12-18(4)22-21(13-15)24(27)23(25(22)28)17(3)8-10-19-14-20(11-9-16(19)2)29-26(5,6)7/h8-14,23H,3H2,1-2,4-7H3/b10-8-. The smallest absolute Gasteiger partial charge is 0.179 e. The number of ketones is 2. The molecule has 3 nitrogen and oxygen atoms in total. The van der Waals surface area contributed by atoms with Gasteiger partial charge in [0.15, 0.2) is 11.6 Å². The van der Waals surface area contributed by atoms with Gasteiger partial charge in [-0.1, -0.05) is 36.4 Å². The lowest BCUT2D eigenvalue weighted by Crippen LogP contribution is -2.22. The van der Waals surface area contributed by atoms with E-state index in [1.807, 2.05) is 71.9 Å². The van der Waals surface area contributed by atoms with Crippen LogP contribution in [-0.4, -0.2) is 17.2 Å². The van der Waals surface area contributed by atoms with E-state index in [2.05, 4.69) is 6.58 Å². The number of hydrogen-bond donors (Lipinski definition) is 0. The lowest BCUT2D eigenvalue weighted by atomic mass is 9.93. The molecule has 0 saturated heterocycles. The van der Waals surface area contributed by atoms with E-state index >= 15 is 0 Å². The van der Waals surface area contributed by atoms with Crippen molar-refractivity contribution in [1.29, 1.82) is 0 Å². The summed E-state index contributed by atoms with van der Waals surface area (Å²) in [5.41, 5.74) is 5.15. The molecule has 1 atom stereocenters. The second kappa shape index (κ2) is 7.47. The SMILES string of the molecule is C=C(/C=C\c1cc(OC(C)(C)C)ccc1C)C1C(=O)c2cc(C)cc(C)c2C1=O. The van der Waals surface area contributed by atoms with E-state index in [0.29, 0.717) is 16.7 Å². The van der Waals surface area contributed by atoms with E-state index in [1.54, 1.807) is 12.1 Å². The molecular formula is C26H28O3. The van der Waals surface area contributed by atoms with Crippen molar-refractivity contribution in [3.8, 4) is 5.75 Å². The molecule has 0 N–H and O–H groups in total. The Morgan fingerprint density at radius 1 is 1.00 bits per heavy atom. The predicted octanol–water partition coefficient (Wildman–Crippen LogP) is 6.05. The van der Waals surface area contributed by atoms with Crippen LogP contribution < -0.4 is 4.74 Å². The van der Waals surface area contributed by atoms with Gasteiger partial charge in [-0.3, -0.25) is 9.59 Å². The highest BCUT2D eigenvalue weighted by molar-refractivity contribution is 6.28. The minimum atomic E-state index is -0.837. The van der Waals surface area contributed by atoms with Crippen LogP contribution in [0.3, 0.4) is 0 Å². The monoisotopic (exact) mass is 388 g/mol. The summed E-state index contributed by atoms with van der Waals surface area (Å²) in [6.45, 7) is 15.9. The Labute approximate surface area is 173 Å². The number of fused-ring (bicyclic) bond motifs is 1. The van der Waals surface area contributed by atoms with Crippen molar-refractivity contribution >= 4 is 17.6 Å². The Kier molecular flexibility index (Phi) is 5.36. The molecule has 150 valence electrons. The van der Waals surface area contributed by atoms with Gasteiger partial charge in [-0.05, 0) is 82.0 Å². The first-order valence-corrected chi connectivity index (χ1v) is 9.84. The van der Waals surface area contributed by atoms with Gasteiger partial charge in [-0.25, -0.2) is 0 Å². The Bertz CT molecular complexity index is 1050. The summed E-state index contributed by atoms with van der Waals surface area (Å²) in [5.74, 6) is -0.373. The maximum atomic E-state index is 12.9. The average Bonchev–Trinajstić information content (AvgIpc) is 2.84. The molecule has 3 heteroatoms. The van der Waals surface area contributed by atoms with E-state index in [9.17, 15) is 9.59 Å².